The van der Waals surface area contributed by atoms with Gasteiger partial charge in [-0.05, 0) is 33.6 Å². The molecule has 102 valence electrons. The number of amides is 2. The van der Waals surface area contributed by atoms with Gasteiger partial charge in [0, 0.05) is 0 Å². The molecule has 0 saturated heterocycles. The lowest BCUT2D eigenvalue weighted by Crippen LogP contribution is -2.52. The second kappa shape index (κ2) is 5.75. The van der Waals surface area contributed by atoms with Gasteiger partial charge >= 0.3 is 12.2 Å². The molecule has 0 spiro atoms. The predicted molar refractivity (Wildman–Crippen MR) is 66.5 cm³/mol. The van der Waals surface area contributed by atoms with E-state index in [2.05, 4.69) is 10.6 Å². The van der Waals surface area contributed by atoms with Crippen molar-refractivity contribution in [3.05, 3.63) is 12.2 Å². The van der Waals surface area contributed by atoms with E-state index in [9.17, 15) is 9.59 Å². The molecule has 0 aromatic rings. The van der Waals surface area contributed by atoms with Gasteiger partial charge in [0.25, 0.3) is 0 Å². The van der Waals surface area contributed by atoms with Crippen LogP contribution in [0.5, 0.6) is 0 Å². The van der Waals surface area contributed by atoms with E-state index in [0.717, 1.165) is 0 Å². The topological polar surface area (TPSA) is 87.7 Å². The number of nitrogens with one attached hydrogen (secondary N) is 2. The van der Waals surface area contributed by atoms with Gasteiger partial charge in [-0.2, -0.15) is 0 Å². The minimum atomic E-state index is -1.09. The molecular formula is C12H20N2O4. The number of carboxylic acid groups (broad SMARTS) is 1. The third-order valence-corrected chi connectivity index (χ3v) is 2.44. The lowest BCUT2D eigenvalue weighted by Gasteiger charge is -2.30. The Labute approximate surface area is 106 Å². The molecule has 0 fully saturated rings. The average Bonchev–Trinajstić information content (AvgIpc) is 2.17. The van der Waals surface area contributed by atoms with Crippen molar-refractivity contribution in [2.75, 3.05) is 0 Å². The molecule has 0 aliphatic heterocycles. The molecule has 6 nitrogen and oxygen atoms in total. The fourth-order valence-corrected chi connectivity index (χ4v) is 1.75. The van der Waals surface area contributed by atoms with Crippen molar-refractivity contribution in [3.8, 4) is 0 Å². The van der Waals surface area contributed by atoms with E-state index in [4.69, 9.17) is 9.84 Å². The van der Waals surface area contributed by atoms with Crippen LogP contribution in [-0.4, -0.2) is 35.0 Å². The molecule has 0 aromatic carbocycles. The molecule has 1 aliphatic carbocycles. The van der Waals surface area contributed by atoms with Gasteiger partial charge in [-0.3, -0.25) is 0 Å². The molecule has 0 heterocycles. The molecule has 0 radical (unpaired) electrons. The van der Waals surface area contributed by atoms with Crippen molar-refractivity contribution in [2.24, 2.45) is 0 Å². The summed E-state index contributed by atoms with van der Waals surface area (Å²) in [6, 6.07) is -0.596. The fourth-order valence-electron chi connectivity index (χ4n) is 1.75. The van der Waals surface area contributed by atoms with Crippen LogP contribution >= 0.6 is 0 Å². The molecule has 0 saturated carbocycles. The Kier molecular flexibility index (Phi) is 4.58. The minimum absolute atomic E-state index is 0.277. The number of carbonyl (C=O) groups excluding carboxylic acids is 1. The second-order valence-corrected chi connectivity index (χ2v) is 5.25. The highest BCUT2D eigenvalue weighted by molar-refractivity contribution is 5.69. The smallest absolute Gasteiger partial charge is 0.407 e. The third kappa shape index (κ3) is 5.07. The summed E-state index contributed by atoms with van der Waals surface area (Å²) < 4.78 is 5.14. The SMILES string of the molecule is CC(C)(C)OC(=O)N[C@H]1CC=CC[C@H]1NC(=O)O. The van der Waals surface area contributed by atoms with Crippen molar-refractivity contribution >= 4 is 12.2 Å². The second-order valence-electron chi connectivity index (χ2n) is 5.25. The summed E-state index contributed by atoms with van der Waals surface area (Å²) in [5, 5.41) is 13.8. The molecule has 2 atom stereocenters. The maximum atomic E-state index is 11.6. The van der Waals surface area contributed by atoms with E-state index < -0.39 is 17.8 Å². The van der Waals surface area contributed by atoms with Gasteiger partial charge < -0.3 is 20.5 Å². The highest BCUT2D eigenvalue weighted by Crippen LogP contribution is 2.14. The van der Waals surface area contributed by atoms with Gasteiger partial charge in [0.15, 0.2) is 0 Å². The van der Waals surface area contributed by atoms with Crippen molar-refractivity contribution in [1.29, 1.82) is 0 Å². The summed E-state index contributed by atoms with van der Waals surface area (Å²) in [5.74, 6) is 0. The van der Waals surface area contributed by atoms with Crippen LogP contribution in [0.15, 0.2) is 12.2 Å². The lowest BCUT2D eigenvalue weighted by molar-refractivity contribution is 0.0490. The van der Waals surface area contributed by atoms with Crippen LogP contribution in [0.25, 0.3) is 0 Å². The fraction of sp³-hybridized carbons (Fsp3) is 0.667. The van der Waals surface area contributed by atoms with E-state index >= 15 is 0 Å². The summed E-state index contributed by atoms with van der Waals surface area (Å²) in [5.41, 5.74) is -0.565. The molecule has 1 rings (SSSR count). The third-order valence-electron chi connectivity index (χ3n) is 2.44. The van der Waals surface area contributed by atoms with Crippen LogP contribution in [-0.2, 0) is 4.74 Å². The molecule has 3 N–H and O–H groups in total. The maximum absolute atomic E-state index is 11.6. The first-order valence-corrected chi connectivity index (χ1v) is 5.92. The molecule has 1 aliphatic rings. The standard InChI is InChI=1S/C12H20N2O4/c1-12(2,3)18-11(17)14-9-7-5-4-6-8(9)13-10(15)16/h4-5,8-9,13H,6-7H2,1-3H3,(H,14,17)(H,15,16)/t8-,9+/m1/s1. The predicted octanol–water partition coefficient (Wildman–Crippen LogP) is 1.87. The Morgan fingerprint density at radius 3 is 2.11 bits per heavy atom. The first-order chi connectivity index (χ1) is 8.28. The van der Waals surface area contributed by atoms with Gasteiger partial charge in [0.05, 0.1) is 12.1 Å². The van der Waals surface area contributed by atoms with Gasteiger partial charge in [-0.15, -0.1) is 0 Å². The summed E-state index contributed by atoms with van der Waals surface area (Å²) in [7, 11) is 0. The van der Waals surface area contributed by atoms with Gasteiger partial charge in [0.1, 0.15) is 5.60 Å². The maximum Gasteiger partial charge on any atom is 0.407 e. The Balaban J connectivity index is 2.55. The van der Waals surface area contributed by atoms with E-state index in [0.29, 0.717) is 12.8 Å². The quantitative estimate of drug-likeness (QED) is 0.658. The van der Waals surface area contributed by atoms with E-state index in [1.807, 2.05) is 12.2 Å². The number of rotatable bonds is 2. The first-order valence-electron chi connectivity index (χ1n) is 5.92. The molecule has 18 heavy (non-hydrogen) atoms. The monoisotopic (exact) mass is 256 g/mol. The van der Waals surface area contributed by atoms with Crippen LogP contribution in [0.3, 0.4) is 0 Å². The van der Waals surface area contributed by atoms with E-state index in [1.165, 1.54) is 0 Å². The number of hydrogen-bond acceptors (Lipinski definition) is 3. The van der Waals surface area contributed by atoms with E-state index in [1.54, 1.807) is 20.8 Å². The molecule has 6 heteroatoms. The first kappa shape index (κ1) is 14.3. The van der Waals surface area contributed by atoms with Crippen LogP contribution in [0.2, 0.25) is 0 Å². The van der Waals surface area contributed by atoms with Gasteiger partial charge in [-0.25, -0.2) is 9.59 Å². The van der Waals surface area contributed by atoms with Crippen molar-refractivity contribution in [1.82, 2.24) is 10.6 Å². The Morgan fingerprint density at radius 1 is 1.17 bits per heavy atom. The highest BCUT2D eigenvalue weighted by atomic mass is 16.6. The highest BCUT2D eigenvalue weighted by Gasteiger charge is 2.27. The molecular weight excluding hydrogens is 236 g/mol. The average molecular weight is 256 g/mol. The summed E-state index contributed by atoms with van der Waals surface area (Å²) in [6.45, 7) is 5.33. The van der Waals surface area contributed by atoms with Gasteiger partial charge in [-0.1, -0.05) is 12.2 Å². The van der Waals surface area contributed by atoms with Crippen LogP contribution in [0, 0.1) is 0 Å². The summed E-state index contributed by atoms with van der Waals surface area (Å²) in [6.07, 6.45) is 3.35. The summed E-state index contributed by atoms with van der Waals surface area (Å²) in [4.78, 5) is 22.3. The van der Waals surface area contributed by atoms with Crippen LogP contribution in [0.1, 0.15) is 33.6 Å². The number of carbonyl (C=O) groups is 2. The minimum Gasteiger partial charge on any atom is -0.465 e. The molecule has 0 bridgehead atoms. The normalized spacial score (nSPS) is 23.3. The molecule has 2 amide bonds. The zero-order chi connectivity index (χ0) is 13.8. The van der Waals surface area contributed by atoms with Crippen LogP contribution < -0.4 is 10.6 Å². The van der Waals surface area contributed by atoms with Crippen molar-refractivity contribution < 1.29 is 19.4 Å². The Morgan fingerprint density at radius 2 is 1.67 bits per heavy atom. The largest absolute Gasteiger partial charge is 0.465 e. The summed E-state index contributed by atoms with van der Waals surface area (Å²) >= 11 is 0. The number of hydrogen-bond donors (Lipinski definition) is 3. The zero-order valence-electron chi connectivity index (χ0n) is 10.9. The molecule has 0 unspecified atom stereocenters. The van der Waals surface area contributed by atoms with Crippen molar-refractivity contribution in [3.63, 3.8) is 0 Å². The zero-order valence-corrected chi connectivity index (χ0v) is 10.9. The van der Waals surface area contributed by atoms with Crippen LogP contribution in [0.4, 0.5) is 9.59 Å². The Bertz CT molecular complexity index is 346. The van der Waals surface area contributed by atoms with Crippen molar-refractivity contribution in [2.45, 2.75) is 51.3 Å². The number of alkyl carbamates (subject to hydrolysis) is 1. The van der Waals surface area contributed by atoms with E-state index in [-0.39, 0.29) is 12.1 Å². The Hall–Kier alpha value is -1.72. The molecule has 0 aromatic heterocycles. The lowest BCUT2D eigenvalue weighted by atomic mass is 9.96. The van der Waals surface area contributed by atoms with Gasteiger partial charge in [0.2, 0.25) is 0 Å². The number of ether oxygens (including phenoxy) is 1.